The fraction of sp³-hybridized carbons (Fsp3) is 0.214. The Morgan fingerprint density at radius 3 is 2.42 bits per heavy atom. The lowest BCUT2D eigenvalue weighted by Crippen LogP contribution is -2.21. The Morgan fingerprint density at radius 2 is 1.79 bits per heavy atom. The van der Waals surface area contributed by atoms with Crippen LogP contribution < -0.4 is 5.32 Å². The Labute approximate surface area is 125 Å². The van der Waals surface area contributed by atoms with Crippen molar-refractivity contribution in [3.8, 4) is 0 Å². The molecule has 19 heavy (non-hydrogen) atoms. The first-order valence-electron chi connectivity index (χ1n) is 5.69. The number of nitrogens with zero attached hydrogens (tertiary/aromatic N) is 1. The first kappa shape index (κ1) is 17.9. The van der Waals surface area contributed by atoms with Gasteiger partial charge in [-0.15, -0.1) is 24.8 Å². The van der Waals surface area contributed by atoms with Gasteiger partial charge < -0.3 is 10.4 Å². The highest BCUT2D eigenvalue weighted by Crippen LogP contribution is 2.09. The molecule has 1 aromatic heterocycles. The predicted molar refractivity (Wildman–Crippen MR) is 81.8 cm³/mol. The van der Waals surface area contributed by atoms with Gasteiger partial charge in [-0.25, -0.2) is 0 Å². The Kier molecular flexibility index (Phi) is 9.17. The first-order valence-corrected chi connectivity index (χ1v) is 5.69. The molecule has 0 bridgehead atoms. The second-order valence-corrected chi connectivity index (χ2v) is 3.92. The van der Waals surface area contributed by atoms with Gasteiger partial charge in [0.15, 0.2) is 0 Å². The number of aliphatic hydroxyl groups excluding tert-OH is 1. The topological polar surface area (TPSA) is 45.1 Å². The molecule has 1 aromatic carbocycles. The summed E-state index contributed by atoms with van der Waals surface area (Å²) in [5.74, 6) is 0. The van der Waals surface area contributed by atoms with E-state index in [1.165, 1.54) is 5.56 Å². The fourth-order valence-corrected chi connectivity index (χ4v) is 1.64. The minimum Gasteiger partial charge on any atom is -0.387 e. The first-order chi connectivity index (χ1) is 8.36. The zero-order chi connectivity index (χ0) is 11.9. The van der Waals surface area contributed by atoms with E-state index in [1.807, 2.05) is 30.3 Å². The normalized spacial score (nSPS) is 11.0. The van der Waals surface area contributed by atoms with Gasteiger partial charge in [0.25, 0.3) is 0 Å². The summed E-state index contributed by atoms with van der Waals surface area (Å²) in [4.78, 5) is 3.98. The van der Waals surface area contributed by atoms with Gasteiger partial charge in [0.2, 0.25) is 0 Å². The molecule has 1 unspecified atom stereocenters. The molecule has 2 aromatic rings. The average Bonchev–Trinajstić information content (AvgIpc) is 2.41. The lowest BCUT2D eigenvalue weighted by Gasteiger charge is -2.11. The van der Waals surface area contributed by atoms with Crippen LogP contribution in [0.2, 0.25) is 0 Å². The Bertz CT molecular complexity index is 440. The van der Waals surface area contributed by atoms with Crippen LogP contribution >= 0.6 is 24.8 Å². The number of rotatable bonds is 5. The van der Waals surface area contributed by atoms with E-state index in [-0.39, 0.29) is 24.8 Å². The number of aromatic nitrogens is 1. The molecule has 0 aliphatic heterocycles. The molecule has 0 fully saturated rings. The van der Waals surface area contributed by atoms with Gasteiger partial charge in [0.1, 0.15) is 0 Å². The minimum absolute atomic E-state index is 0. The van der Waals surface area contributed by atoms with Gasteiger partial charge >= 0.3 is 0 Å². The molecule has 0 spiro atoms. The van der Waals surface area contributed by atoms with Gasteiger partial charge in [0.05, 0.1) is 6.10 Å². The zero-order valence-electron chi connectivity index (χ0n) is 10.4. The molecule has 5 heteroatoms. The number of halogens is 2. The maximum atomic E-state index is 9.90. The smallest absolute Gasteiger partial charge is 0.0929 e. The number of hydrogen-bond donors (Lipinski definition) is 2. The maximum Gasteiger partial charge on any atom is 0.0929 e. The molecule has 0 saturated heterocycles. The second-order valence-electron chi connectivity index (χ2n) is 3.92. The van der Waals surface area contributed by atoms with Crippen LogP contribution in [-0.4, -0.2) is 16.6 Å². The van der Waals surface area contributed by atoms with Crippen LogP contribution in [0.5, 0.6) is 0 Å². The minimum atomic E-state index is -0.507. The van der Waals surface area contributed by atoms with E-state index in [1.54, 1.807) is 12.4 Å². The van der Waals surface area contributed by atoms with Crippen LogP contribution in [0.3, 0.4) is 0 Å². The van der Waals surface area contributed by atoms with E-state index in [4.69, 9.17) is 0 Å². The van der Waals surface area contributed by atoms with Crippen LogP contribution in [0.15, 0.2) is 54.9 Å². The standard InChI is InChI=1S/C14H16N2O.2ClH/c17-14(13-7-4-8-15-10-13)11-16-9-12-5-2-1-3-6-12;;/h1-8,10,14,16-17H,9,11H2;2*1H. The van der Waals surface area contributed by atoms with Gasteiger partial charge in [-0.3, -0.25) is 4.98 Å². The van der Waals surface area contributed by atoms with Crippen molar-refractivity contribution < 1.29 is 5.11 Å². The quantitative estimate of drug-likeness (QED) is 0.892. The lowest BCUT2D eigenvalue weighted by molar-refractivity contribution is 0.174. The summed E-state index contributed by atoms with van der Waals surface area (Å²) in [6.07, 6.45) is 2.88. The van der Waals surface area contributed by atoms with Crippen LogP contribution in [0.1, 0.15) is 17.2 Å². The molecule has 1 heterocycles. The Hall–Kier alpha value is -1.13. The summed E-state index contributed by atoms with van der Waals surface area (Å²) < 4.78 is 0. The largest absolute Gasteiger partial charge is 0.387 e. The van der Waals surface area contributed by atoms with Crippen LogP contribution in [0.25, 0.3) is 0 Å². The van der Waals surface area contributed by atoms with Crippen molar-refractivity contribution in [2.45, 2.75) is 12.6 Å². The van der Waals surface area contributed by atoms with Gasteiger partial charge in [-0.05, 0) is 11.6 Å². The van der Waals surface area contributed by atoms with E-state index < -0.39 is 6.10 Å². The van der Waals surface area contributed by atoms with Crippen molar-refractivity contribution in [3.05, 3.63) is 66.0 Å². The highest BCUT2D eigenvalue weighted by Gasteiger charge is 2.05. The Morgan fingerprint density at radius 1 is 1.05 bits per heavy atom. The average molecular weight is 301 g/mol. The van der Waals surface area contributed by atoms with E-state index in [9.17, 15) is 5.11 Å². The summed E-state index contributed by atoms with van der Waals surface area (Å²) >= 11 is 0. The molecule has 0 saturated carbocycles. The van der Waals surface area contributed by atoms with Crippen LogP contribution in [-0.2, 0) is 6.54 Å². The third-order valence-electron chi connectivity index (χ3n) is 2.58. The monoisotopic (exact) mass is 300 g/mol. The summed E-state index contributed by atoms with van der Waals surface area (Å²) in [7, 11) is 0. The molecular weight excluding hydrogens is 283 g/mol. The predicted octanol–water partition coefficient (Wildman–Crippen LogP) is 2.75. The van der Waals surface area contributed by atoms with Crippen molar-refractivity contribution >= 4 is 24.8 Å². The zero-order valence-corrected chi connectivity index (χ0v) is 12.0. The molecular formula is C14H18Cl2N2O. The van der Waals surface area contributed by atoms with Crippen molar-refractivity contribution in [2.24, 2.45) is 0 Å². The van der Waals surface area contributed by atoms with E-state index >= 15 is 0 Å². The molecule has 0 aliphatic rings. The molecule has 1 atom stereocenters. The highest BCUT2D eigenvalue weighted by atomic mass is 35.5. The summed E-state index contributed by atoms with van der Waals surface area (Å²) in [5.41, 5.74) is 2.05. The Balaban J connectivity index is 0.00000162. The van der Waals surface area contributed by atoms with Gasteiger partial charge in [-0.1, -0.05) is 36.4 Å². The molecule has 3 nitrogen and oxygen atoms in total. The van der Waals surface area contributed by atoms with Crippen LogP contribution in [0, 0.1) is 0 Å². The lowest BCUT2D eigenvalue weighted by atomic mass is 10.1. The highest BCUT2D eigenvalue weighted by molar-refractivity contribution is 5.85. The molecule has 104 valence electrons. The van der Waals surface area contributed by atoms with E-state index in [2.05, 4.69) is 22.4 Å². The van der Waals surface area contributed by atoms with Crippen molar-refractivity contribution in [1.82, 2.24) is 10.3 Å². The summed E-state index contributed by atoms with van der Waals surface area (Å²) in [5, 5.41) is 13.1. The number of aliphatic hydroxyl groups is 1. The number of pyridine rings is 1. The molecule has 0 aliphatic carbocycles. The van der Waals surface area contributed by atoms with Crippen molar-refractivity contribution in [3.63, 3.8) is 0 Å². The summed E-state index contributed by atoms with van der Waals surface area (Å²) in [6.45, 7) is 1.29. The fourth-order valence-electron chi connectivity index (χ4n) is 1.64. The SMILES string of the molecule is Cl.Cl.OC(CNCc1ccccc1)c1cccnc1. The second kappa shape index (κ2) is 9.75. The molecule has 2 rings (SSSR count). The van der Waals surface area contributed by atoms with Gasteiger partial charge in [0, 0.05) is 31.0 Å². The summed E-state index contributed by atoms with van der Waals surface area (Å²) in [6, 6.07) is 13.8. The van der Waals surface area contributed by atoms with Gasteiger partial charge in [-0.2, -0.15) is 0 Å². The molecule has 0 radical (unpaired) electrons. The van der Waals surface area contributed by atoms with E-state index in [0.29, 0.717) is 6.54 Å². The van der Waals surface area contributed by atoms with E-state index in [0.717, 1.165) is 12.1 Å². The van der Waals surface area contributed by atoms with Crippen molar-refractivity contribution in [2.75, 3.05) is 6.54 Å². The third-order valence-corrected chi connectivity index (χ3v) is 2.58. The maximum absolute atomic E-state index is 9.90. The third kappa shape index (κ3) is 6.03. The van der Waals surface area contributed by atoms with Crippen molar-refractivity contribution in [1.29, 1.82) is 0 Å². The van der Waals surface area contributed by atoms with Crippen LogP contribution in [0.4, 0.5) is 0 Å². The number of nitrogens with one attached hydrogen (secondary N) is 1. The number of hydrogen-bond acceptors (Lipinski definition) is 3. The molecule has 0 amide bonds. The number of benzene rings is 1. The molecule has 2 N–H and O–H groups in total.